The summed E-state index contributed by atoms with van der Waals surface area (Å²) in [5, 5.41) is 3.43. The highest BCUT2D eigenvalue weighted by molar-refractivity contribution is 9.10. The van der Waals surface area contributed by atoms with E-state index in [0.29, 0.717) is 5.65 Å². The van der Waals surface area contributed by atoms with Crippen molar-refractivity contribution in [2.24, 2.45) is 0 Å². The fourth-order valence-electron chi connectivity index (χ4n) is 1.95. The molecule has 0 fully saturated rings. The number of aromatic nitrogens is 5. The van der Waals surface area contributed by atoms with Gasteiger partial charge in [-0.15, -0.1) is 5.10 Å². The molecule has 0 spiro atoms. The van der Waals surface area contributed by atoms with Crippen molar-refractivity contribution in [2.45, 2.75) is 12.9 Å². The Balaban J connectivity index is 2.16. The summed E-state index contributed by atoms with van der Waals surface area (Å²) in [4.78, 5) is 7.84. The number of hydrogen-bond acceptors (Lipinski definition) is 4. The Morgan fingerprint density at radius 2 is 2.09 bits per heavy atom. The third-order valence-electron chi connectivity index (χ3n) is 2.84. The Morgan fingerprint density at radius 1 is 1.32 bits per heavy atom. The first-order valence-corrected chi connectivity index (χ1v) is 6.84. The first kappa shape index (κ1) is 15.0. The zero-order valence-electron chi connectivity index (χ0n) is 11.2. The van der Waals surface area contributed by atoms with E-state index >= 15 is 0 Å². The number of pyridine rings is 1. The van der Waals surface area contributed by atoms with Crippen LogP contribution in [-0.4, -0.2) is 31.3 Å². The third kappa shape index (κ3) is 2.59. The Kier molecular flexibility index (Phi) is 3.65. The highest BCUT2D eigenvalue weighted by Crippen LogP contribution is 2.29. The summed E-state index contributed by atoms with van der Waals surface area (Å²) in [6.07, 6.45) is -1.32. The van der Waals surface area contributed by atoms with Crippen molar-refractivity contribution in [3.8, 4) is 11.5 Å². The number of nitrogens with zero attached hydrogens (tertiary/aromatic N) is 5. The van der Waals surface area contributed by atoms with Crippen LogP contribution in [0.15, 0.2) is 29.0 Å². The van der Waals surface area contributed by atoms with Crippen LogP contribution in [-0.2, 0) is 17.6 Å². The standard InChI is InChI=1S/C12H9BrF3N5O/c1-22-6-21-10(18-11(19-21)12(14,15)16)8-5-20-4-2-3-7(13)9(20)17-8/h2-5H,6H2,1H3. The minimum atomic E-state index is -4.63. The lowest BCUT2D eigenvalue weighted by atomic mass is 10.4. The summed E-state index contributed by atoms with van der Waals surface area (Å²) in [5.74, 6) is -1.24. The average Bonchev–Trinajstić information content (AvgIpc) is 3.02. The number of rotatable bonds is 3. The smallest absolute Gasteiger partial charge is 0.362 e. The first-order valence-electron chi connectivity index (χ1n) is 6.04. The number of fused-ring (bicyclic) bond motifs is 1. The van der Waals surface area contributed by atoms with Gasteiger partial charge in [0.05, 0.1) is 4.47 Å². The molecule has 10 heteroatoms. The van der Waals surface area contributed by atoms with Crippen LogP contribution in [0, 0.1) is 0 Å². The fraction of sp³-hybridized carbons (Fsp3) is 0.250. The molecule has 0 radical (unpaired) electrons. The molecule has 0 saturated carbocycles. The van der Waals surface area contributed by atoms with E-state index in [-0.39, 0.29) is 18.2 Å². The van der Waals surface area contributed by atoms with Crippen molar-refractivity contribution in [1.29, 1.82) is 0 Å². The normalized spacial score (nSPS) is 12.2. The number of halogens is 4. The minimum Gasteiger partial charge on any atom is -0.362 e. The van der Waals surface area contributed by atoms with Gasteiger partial charge in [-0.1, -0.05) is 0 Å². The number of alkyl halides is 3. The molecule has 0 aliphatic heterocycles. The number of imidazole rings is 1. The van der Waals surface area contributed by atoms with Gasteiger partial charge in [0.15, 0.2) is 11.5 Å². The SMILES string of the molecule is COCn1nc(C(F)(F)F)nc1-c1cn2cccc(Br)c2n1. The van der Waals surface area contributed by atoms with Crippen LogP contribution >= 0.6 is 15.9 Å². The molecule has 0 aliphatic rings. The van der Waals surface area contributed by atoms with E-state index in [2.05, 4.69) is 31.0 Å². The molecule has 3 rings (SSSR count). The van der Waals surface area contributed by atoms with Gasteiger partial charge in [0.1, 0.15) is 12.4 Å². The van der Waals surface area contributed by atoms with Crippen LogP contribution in [0.2, 0.25) is 0 Å². The molecule has 3 aromatic heterocycles. The second-order valence-electron chi connectivity index (χ2n) is 4.39. The lowest BCUT2D eigenvalue weighted by molar-refractivity contribution is -0.145. The molecule has 0 bridgehead atoms. The topological polar surface area (TPSA) is 57.2 Å². The maximum atomic E-state index is 12.8. The quantitative estimate of drug-likeness (QED) is 0.706. The van der Waals surface area contributed by atoms with Crippen LogP contribution in [0.1, 0.15) is 5.82 Å². The summed E-state index contributed by atoms with van der Waals surface area (Å²) in [7, 11) is 1.36. The molecule has 6 nitrogen and oxygen atoms in total. The van der Waals surface area contributed by atoms with Gasteiger partial charge in [-0.25, -0.2) is 14.6 Å². The molecule has 0 atom stereocenters. The molecule has 0 saturated heterocycles. The number of hydrogen-bond donors (Lipinski definition) is 0. The molecule has 0 unspecified atom stereocenters. The van der Waals surface area contributed by atoms with Gasteiger partial charge in [-0.3, -0.25) is 0 Å². The molecule has 0 aromatic carbocycles. The van der Waals surface area contributed by atoms with Crippen LogP contribution in [0.5, 0.6) is 0 Å². The largest absolute Gasteiger partial charge is 0.453 e. The van der Waals surface area contributed by atoms with Crippen molar-refractivity contribution < 1.29 is 17.9 Å². The third-order valence-corrected chi connectivity index (χ3v) is 3.46. The van der Waals surface area contributed by atoms with E-state index in [1.54, 1.807) is 28.9 Å². The van der Waals surface area contributed by atoms with E-state index < -0.39 is 12.0 Å². The van der Waals surface area contributed by atoms with Crippen molar-refractivity contribution in [3.63, 3.8) is 0 Å². The van der Waals surface area contributed by atoms with Crippen molar-refractivity contribution in [3.05, 3.63) is 34.8 Å². The van der Waals surface area contributed by atoms with E-state index in [1.165, 1.54) is 7.11 Å². The minimum absolute atomic E-state index is 0.00947. The van der Waals surface area contributed by atoms with Crippen LogP contribution in [0.3, 0.4) is 0 Å². The summed E-state index contributed by atoms with van der Waals surface area (Å²) in [5.41, 5.74) is 0.838. The summed E-state index contributed by atoms with van der Waals surface area (Å²) in [6.45, 7) is -0.159. The summed E-state index contributed by atoms with van der Waals surface area (Å²) >= 11 is 3.34. The lowest BCUT2D eigenvalue weighted by Gasteiger charge is -2.01. The second-order valence-corrected chi connectivity index (χ2v) is 5.24. The average molecular weight is 376 g/mol. The van der Waals surface area contributed by atoms with Gasteiger partial charge in [0.2, 0.25) is 0 Å². The van der Waals surface area contributed by atoms with E-state index in [1.807, 2.05) is 0 Å². The molecule has 0 aliphatic carbocycles. The Hall–Kier alpha value is -1.94. The zero-order chi connectivity index (χ0) is 15.9. The van der Waals surface area contributed by atoms with E-state index in [4.69, 9.17) is 4.74 Å². The highest BCUT2D eigenvalue weighted by Gasteiger charge is 2.37. The van der Waals surface area contributed by atoms with Gasteiger partial charge in [-0.05, 0) is 28.1 Å². The molecular weight excluding hydrogens is 367 g/mol. The monoisotopic (exact) mass is 375 g/mol. The van der Waals surface area contributed by atoms with Gasteiger partial charge in [0, 0.05) is 19.5 Å². The Morgan fingerprint density at radius 3 is 2.73 bits per heavy atom. The van der Waals surface area contributed by atoms with Gasteiger partial charge in [0.25, 0.3) is 5.82 Å². The Labute approximate surface area is 130 Å². The highest BCUT2D eigenvalue weighted by atomic mass is 79.9. The lowest BCUT2D eigenvalue weighted by Crippen LogP contribution is -2.09. The van der Waals surface area contributed by atoms with Crippen molar-refractivity contribution in [2.75, 3.05) is 7.11 Å². The van der Waals surface area contributed by atoms with Gasteiger partial charge >= 0.3 is 6.18 Å². The maximum Gasteiger partial charge on any atom is 0.453 e. The Bertz CT molecular complexity index is 826. The molecule has 0 N–H and O–H groups in total. The zero-order valence-corrected chi connectivity index (χ0v) is 12.8. The molecular formula is C12H9BrF3N5O. The van der Waals surface area contributed by atoms with Gasteiger partial charge in [-0.2, -0.15) is 13.2 Å². The summed E-state index contributed by atoms with van der Waals surface area (Å²) < 4.78 is 46.7. The van der Waals surface area contributed by atoms with Crippen molar-refractivity contribution in [1.82, 2.24) is 24.1 Å². The predicted molar refractivity (Wildman–Crippen MR) is 73.9 cm³/mol. The van der Waals surface area contributed by atoms with Crippen LogP contribution in [0.4, 0.5) is 13.2 Å². The van der Waals surface area contributed by atoms with E-state index in [0.717, 1.165) is 9.15 Å². The van der Waals surface area contributed by atoms with Crippen LogP contribution in [0.25, 0.3) is 17.2 Å². The number of ether oxygens (including phenoxy) is 1. The first-order chi connectivity index (χ1) is 10.4. The molecule has 0 amide bonds. The fourth-order valence-corrected chi connectivity index (χ4v) is 2.40. The molecule has 3 aromatic rings. The van der Waals surface area contributed by atoms with E-state index in [9.17, 15) is 13.2 Å². The van der Waals surface area contributed by atoms with Gasteiger partial charge < -0.3 is 9.14 Å². The second kappa shape index (κ2) is 5.36. The van der Waals surface area contributed by atoms with Crippen molar-refractivity contribution >= 4 is 21.6 Å². The predicted octanol–water partition coefficient (Wildman–Crippen LogP) is 2.98. The van der Waals surface area contributed by atoms with Crippen LogP contribution < -0.4 is 0 Å². The maximum absolute atomic E-state index is 12.8. The molecule has 3 heterocycles. The molecule has 116 valence electrons. The molecule has 22 heavy (non-hydrogen) atoms. The number of methoxy groups -OCH3 is 1. The summed E-state index contributed by atoms with van der Waals surface area (Å²) in [6, 6.07) is 3.57.